The van der Waals surface area contributed by atoms with Crippen molar-refractivity contribution in [3.8, 4) is 0 Å². The third-order valence-electron chi connectivity index (χ3n) is 3.56. The van der Waals surface area contributed by atoms with Crippen LogP contribution < -0.4 is 5.32 Å². The Bertz CT molecular complexity index is 607. The van der Waals surface area contributed by atoms with E-state index in [0.717, 1.165) is 39.1 Å². The molecule has 0 saturated carbocycles. The first-order valence-electron chi connectivity index (χ1n) is 7.27. The lowest BCUT2D eigenvalue weighted by Gasteiger charge is -2.29. The van der Waals surface area contributed by atoms with Gasteiger partial charge < -0.3 is 10.1 Å². The molecule has 1 heterocycles. The topological polar surface area (TPSA) is 75.7 Å². The molecule has 1 N–H and O–H groups in total. The molecule has 1 aromatic carbocycles. The summed E-state index contributed by atoms with van der Waals surface area (Å²) in [6.07, 6.45) is 1.15. The Morgan fingerprint density at radius 2 is 1.86 bits per heavy atom. The lowest BCUT2D eigenvalue weighted by Crippen LogP contribution is -2.46. The third-order valence-corrected chi connectivity index (χ3v) is 4.69. The minimum absolute atomic E-state index is 0.0141. The number of ether oxygens (including phenoxy) is 1. The molecule has 6 nitrogen and oxygen atoms in total. The Hall–Kier alpha value is -1.44. The summed E-state index contributed by atoms with van der Waals surface area (Å²) in [7, 11) is -3.24. The second-order valence-corrected chi connectivity index (χ2v) is 7.60. The summed E-state index contributed by atoms with van der Waals surface area (Å²) in [6.45, 7) is 5.95. The standard InChI is InChI=1S/C15H22N2O4S/c1-12(11-17-7-9-21-10-8-17)16-15(18)13-3-5-14(6-4-13)22(2,19)20/h3-6,12H,7-11H2,1-2H3,(H,16,18). The van der Waals surface area contributed by atoms with Crippen LogP contribution in [-0.4, -0.2) is 64.4 Å². The highest BCUT2D eigenvalue weighted by Gasteiger charge is 2.16. The van der Waals surface area contributed by atoms with E-state index in [9.17, 15) is 13.2 Å². The van der Waals surface area contributed by atoms with Crippen LogP contribution in [0.3, 0.4) is 0 Å². The highest BCUT2D eigenvalue weighted by molar-refractivity contribution is 7.90. The Morgan fingerprint density at radius 3 is 2.41 bits per heavy atom. The van der Waals surface area contributed by atoms with E-state index >= 15 is 0 Å². The zero-order valence-corrected chi connectivity index (χ0v) is 13.7. The monoisotopic (exact) mass is 326 g/mol. The van der Waals surface area contributed by atoms with Gasteiger partial charge in [0.1, 0.15) is 0 Å². The predicted molar refractivity (Wildman–Crippen MR) is 83.7 cm³/mol. The molecule has 0 aromatic heterocycles. The molecule has 0 bridgehead atoms. The zero-order valence-electron chi connectivity index (χ0n) is 12.9. The van der Waals surface area contributed by atoms with Gasteiger partial charge in [0, 0.05) is 37.5 Å². The van der Waals surface area contributed by atoms with Gasteiger partial charge in [0.05, 0.1) is 18.1 Å². The summed E-state index contributed by atoms with van der Waals surface area (Å²) in [5.41, 5.74) is 0.459. The molecule has 1 atom stereocenters. The fraction of sp³-hybridized carbons (Fsp3) is 0.533. The van der Waals surface area contributed by atoms with Gasteiger partial charge in [-0.2, -0.15) is 0 Å². The molecule has 122 valence electrons. The van der Waals surface area contributed by atoms with E-state index < -0.39 is 9.84 Å². The van der Waals surface area contributed by atoms with Gasteiger partial charge in [-0.15, -0.1) is 0 Å². The van der Waals surface area contributed by atoms with E-state index in [-0.39, 0.29) is 16.8 Å². The van der Waals surface area contributed by atoms with Gasteiger partial charge in [-0.1, -0.05) is 0 Å². The minimum Gasteiger partial charge on any atom is -0.379 e. The van der Waals surface area contributed by atoms with Crippen LogP contribution in [0.4, 0.5) is 0 Å². The molecule has 1 fully saturated rings. The van der Waals surface area contributed by atoms with Crippen LogP contribution in [-0.2, 0) is 14.6 Å². The number of amides is 1. The molecule has 0 radical (unpaired) electrons. The van der Waals surface area contributed by atoms with Gasteiger partial charge >= 0.3 is 0 Å². The van der Waals surface area contributed by atoms with E-state index in [2.05, 4.69) is 10.2 Å². The van der Waals surface area contributed by atoms with Crippen LogP contribution in [0.5, 0.6) is 0 Å². The van der Waals surface area contributed by atoms with Crippen LogP contribution in [0.15, 0.2) is 29.2 Å². The van der Waals surface area contributed by atoms with Crippen molar-refractivity contribution in [2.24, 2.45) is 0 Å². The van der Waals surface area contributed by atoms with Crippen LogP contribution in [0, 0.1) is 0 Å². The first kappa shape index (κ1) is 16.9. The number of sulfone groups is 1. The molecule has 1 saturated heterocycles. The third kappa shape index (κ3) is 4.79. The lowest BCUT2D eigenvalue weighted by molar-refractivity contribution is 0.0342. The van der Waals surface area contributed by atoms with Crippen molar-refractivity contribution < 1.29 is 17.9 Å². The molecule has 1 unspecified atom stereocenters. The Labute approximate surface area is 131 Å². The fourth-order valence-corrected chi connectivity index (χ4v) is 3.01. The van der Waals surface area contributed by atoms with Crippen molar-refractivity contribution in [3.05, 3.63) is 29.8 Å². The lowest BCUT2D eigenvalue weighted by atomic mass is 10.2. The maximum atomic E-state index is 12.2. The highest BCUT2D eigenvalue weighted by Crippen LogP contribution is 2.10. The van der Waals surface area contributed by atoms with E-state index in [1.807, 2.05) is 6.92 Å². The molecule has 1 aromatic rings. The normalized spacial score (nSPS) is 17.9. The van der Waals surface area contributed by atoms with Crippen molar-refractivity contribution >= 4 is 15.7 Å². The second kappa shape index (κ2) is 7.21. The first-order chi connectivity index (χ1) is 10.4. The maximum Gasteiger partial charge on any atom is 0.251 e. The van der Waals surface area contributed by atoms with Gasteiger partial charge in [-0.25, -0.2) is 8.42 Å². The predicted octanol–water partition coefficient (Wildman–Crippen LogP) is 0.541. The summed E-state index contributed by atoms with van der Waals surface area (Å²) in [5.74, 6) is -0.194. The number of rotatable bonds is 5. The number of hydrogen-bond acceptors (Lipinski definition) is 5. The molecule has 22 heavy (non-hydrogen) atoms. The van der Waals surface area contributed by atoms with Crippen molar-refractivity contribution in [2.75, 3.05) is 39.1 Å². The zero-order chi connectivity index (χ0) is 16.2. The van der Waals surface area contributed by atoms with Gasteiger partial charge in [-0.3, -0.25) is 9.69 Å². The number of carbonyl (C=O) groups is 1. The van der Waals surface area contributed by atoms with Crippen LogP contribution in [0.1, 0.15) is 17.3 Å². The van der Waals surface area contributed by atoms with Crippen molar-refractivity contribution in [1.82, 2.24) is 10.2 Å². The number of nitrogens with zero attached hydrogens (tertiary/aromatic N) is 1. The molecular weight excluding hydrogens is 304 g/mol. The minimum atomic E-state index is -3.24. The number of nitrogens with one attached hydrogen (secondary N) is 1. The van der Waals surface area contributed by atoms with E-state index in [1.54, 1.807) is 0 Å². The fourth-order valence-electron chi connectivity index (χ4n) is 2.38. The van der Waals surface area contributed by atoms with E-state index in [0.29, 0.717) is 5.56 Å². The summed E-state index contributed by atoms with van der Waals surface area (Å²) in [5, 5.41) is 2.93. The van der Waals surface area contributed by atoms with Crippen molar-refractivity contribution in [1.29, 1.82) is 0 Å². The maximum absolute atomic E-state index is 12.2. The molecule has 0 spiro atoms. The average molecular weight is 326 g/mol. The number of benzene rings is 1. The molecule has 7 heteroatoms. The smallest absolute Gasteiger partial charge is 0.251 e. The summed E-state index contributed by atoms with van der Waals surface area (Å²) < 4.78 is 28.1. The molecular formula is C15H22N2O4S. The molecule has 1 aliphatic rings. The van der Waals surface area contributed by atoms with Gasteiger partial charge in [0.25, 0.3) is 5.91 Å². The van der Waals surface area contributed by atoms with Gasteiger partial charge in [-0.05, 0) is 31.2 Å². The number of morpholine rings is 1. The number of hydrogen-bond donors (Lipinski definition) is 1. The van der Waals surface area contributed by atoms with Crippen molar-refractivity contribution in [2.45, 2.75) is 17.9 Å². The molecule has 1 aliphatic heterocycles. The van der Waals surface area contributed by atoms with E-state index in [1.165, 1.54) is 24.3 Å². The highest BCUT2D eigenvalue weighted by atomic mass is 32.2. The van der Waals surface area contributed by atoms with Gasteiger partial charge in [0.15, 0.2) is 9.84 Å². The number of carbonyl (C=O) groups excluding carboxylic acids is 1. The first-order valence-corrected chi connectivity index (χ1v) is 9.16. The largest absolute Gasteiger partial charge is 0.379 e. The van der Waals surface area contributed by atoms with Crippen LogP contribution >= 0.6 is 0 Å². The quantitative estimate of drug-likeness (QED) is 0.855. The Balaban J connectivity index is 1.91. The SMILES string of the molecule is CC(CN1CCOCC1)NC(=O)c1ccc(S(C)(=O)=O)cc1. The Morgan fingerprint density at radius 1 is 1.27 bits per heavy atom. The average Bonchev–Trinajstić information content (AvgIpc) is 2.47. The van der Waals surface area contributed by atoms with Gasteiger partial charge in [0.2, 0.25) is 0 Å². The molecule has 1 amide bonds. The summed E-state index contributed by atoms with van der Waals surface area (Å²) in [4.78, 5) is 14.6. The molecule has 2 rings (SSSR count). The Kier molecular flexibility index (Phi) is 5.55. The molecule has 0 aliphatic carbocycles. The van der Waals surface area contributed by atoms with Crippen LogP contribution in [0.25, 0.3) is 0 Å². The second-order valence-electron chi connectivity index (χ2n) is 5.58. The van der Waals surface area contributed by atoms with Crippen LogP contribution in [0.2, 0.25) is 0 Å². The summed E-state index contributed by atoms with van der Waals surface area (Å²) >= 11 is 0. The van der Waals surface area contributed by atoms with Crippen molar-refractivity contribution in [3.63, 3.8) is 0 Å². The van der Waals surface area contributed by atoms with E-state index in [4.69, 9.17) is 4.74 Å². The summed E-state index contributed by atoms with van der Waals surface area (Å²) in [6, 6.07) is 5.99.